The minimum Gasteiger partial charge on any atom is -0.457 e. The van der Waals surface area contributed by atoms with Gasteiger partial charge in [-0.05, 0) is 37.7 Å². The van der Waals surface area contributed by atoms with Gasteiger partial charge in [0, 0.05) is 25.0 Å². The van der Waals surface area contributed by atoms with Crippen LogP contribution in [0.25, 0.3) is 0 Å². The maximum atomic E-state index is 6.22. The first-order valence-electron chi connectivity index (χ1n) is 9.86. The van der Waals surface area contributed by atoms with Crippen LogP contribution >= 0.6 is 0 Å². The molecule has 5 heteroatoms. The number of ether oxygens (including phenoxy) is 1. The molecule has 3 aliphatic rings. The van der Waals surface area contributed by atoms with Crippen LogP contribution in [0.3, 0.4) is 0 Å². The number of aromatic nitrogens is 2. The van der Waals surface area contributed by atoms with Gasteiger partial charge in [0.2, 0.25) is 5.88 Å². The Hall–Kier alpha value is -1.98. The molecule has 5 rings (SSSR count). The number of rotatable bonds is 5. The number of nitrogens with zero attached hydrogens (tertiary/aromatic N) is 4. The second-order valence-electron chi connectivity index (χ2n) is 7.84. The largest absolute Gasteiger partial charge is 0.457 e. The molecule has 2 atom stereocenters. The lowest BCUT2D eigenvalue weighted by atomic mass is 10.1. The van der Waals surface area contributed by atoms with E-state index >= 15 is 0 Å². The molecular formula is C21H26N4O. The normalized spacial score (nSPS) is 26.6. The highest BCUT2D eigenvalue weighted by Gasteiger charge is 2.38. The molecule has 1 aromatic carbocycles. The van der Waals surface area contributed by atoms with Gasteiger partial charge in [0.1, 0.15) is 0 Å². The summed E-state index contributed by atoms with van der Waals surface area (Å²) in [5, 5.41) is 0. The minimum atomic E-state index is 0.125. The zero-order valence-electron chi connectivity index (χ0n) is 15.1. The van der Waals surface area contributed by atoms with Crippen LogP contribution in [-0.2, 0) is 6.54 Å². The van der Waals surface area contributed by atoms with Crippen molar-refractivity contribution in [1.82, 2.24) is 19.8 Å². The highest BCUT2D eigenvalue weighted by Crippen LogP contribution is 2.39. The van der Waals surface area contributed by atoms with Crippen LogP contribution in [-0.4, -0.2) is 45.3 Å². The summed E-state index contributed by atoms with van der Waals surface area (Å²) in [6, 6.07) is 11.4. The third kappa shape index (κ3) is 3.46. The first-order valence-corrected chi connectivity index (χ1v) is 9.86. The Balaban J connectivity index is 1.22. The van der Waals surface area contributed by atoms with Crippen molar-refractivity contribution in [3.8, 4) is 5.88 Å². The van der Waals surface area contributed by atoms with E-state index in [0.29, 0.717) is 17.8 Å². The SMILES string of the molecule is c1ccc(CN2CC[C@@H]3CC[C@H](Oc4cnc(C5CC5)cn4)N3C2)cc1. The highest BCUT2D eigenvalue weighted by molar-refractivity contribution is 5.16. The van der Waals surface area contributed by atoms with Crippen molar-refractivity contribution < 1.29 is 4.74 Å². The summed E-state index contributed by atoms with van der Waals surface area (Å²) in [6.45, 7) is 3.14. The quantitative estimate of drug-likeness (QED) is 0.827. The lowest BCUT2D eigenvalue weighted by Gasteiger charge is -2.40. The standard InChI is InChI=1S/C21H26N4O/c1-2-4-16(5-3-1)14-24-11-10-18-8-9-21(25(18)15-24)26-20-13-22-19(12-23-20)17-6-7-17/h1-5,12-13,17-18,21H,6-11,14-15H2/t18-,21-/m0/s1. The van der Waals surface area contributed by atoms with Gasteiger partial charge in [0.05, 0.1) is 24.8 Å². The van der Waals surface area contributed by atoms with E-state index in [4.69, 9.17) is 4.74 Å². The molecule has 0 unspecified atom stereocenters. The molecule has 2 saturated heterocycles. The molecule has 136 valence electrons. The van der Waals surface area contributed by atoms with E-state index in [1.165, 1.54) is 37.8 Å². The van der Waals surface area contributed by atoms with Crippen LogP contribution in [0.5, 0.6) is 5.88 Å². The fourth-order valence-electron chi connectivity index (χ4n) is 4.27. The number of hydrogen-bond donors (Lipinski definition) is 0. The van der Waals surface area contributed by atoms with Crippen LogP contribution in [0.15, 0.2) is 42.7 Å². The van der Waals surface area contributed by atoms with Gasteiger partial charge in [-0.1, -0.05) is 30.3 Å². The zero-order chi connectivity index (χ0) is 17.3. The van der Waals surface area contributed by atoms with E-state index in [9.17, 15) is 0 Å². The van der Waals surface area contributed by atoms with Crippen LogP contribution in [0.1, 0.15) is 49.3 Å². The fourth-order valence-corrected chi connectivity index (χ4v) is 4.27. The zero-order valence-corrected chi connectivity index (χ0v) is 15.1. The average Bonchev–Trinajstić information content (AvgIpc) is 3.46. The molecule has 0 N–H and O–H groups in total. The van der Waals surface area contributed by atoms with Crippen molar-refractivity contribution >= 4 is 0 Å². The number of benzene rings is 1. The van der Waals surface area contributed by atoms with E-state index in [1.54, 1.807) is 0 Å². The Morgan fingerprint density at radius 1 is 0.962 bits per heavy atom. The molecule has 0 spiro atoms. The van der Waals surface area contributed by atoms with E-state index in [0.717, 1.165) is 25.3 Å². The average molecular weight is 350 g/mol. The van der Waals surface area contributed by atoms with Crippen LogP contribution < -0.4 is 4.74 Å². The third-order valence-corrected chi connectivity index (χ3v) is 5.88. The molecule has 3 fully saturated rings. The van der Waals surface area contributed by atoms with Crippen molar-refractivity contribution in [2.75, 3.05) is 13.2 Å². The van der Waals surface area contributed by atoms with E-state index in [-0.39, 0.29) is 6.23 Å². The summed E-state index contributed by atoms with van der Waals surface area (Å²) in [5.41, 5.74) is 2.50. The topological polar surface area (TPSA) is 41.5 Å². The van der Waals surface area contributed by atoms with Gasteiger partial charge in [-0.3, -0.25) is 14.8 Å². The summed E-state index contributed by atoms with van der Waals surface area (Å²) in [7, 11) is 0. The van der Waals surface area contributed by atoms with Crippen LogP contribution in [0.2, 0.25) is 0 Å². The van der Waals surface area contributed by atoms with Crippen molar-refractivity contribution in [1.29, 1.82) is 0 Å². The van der Waals surface area contributed by atoms with Gasteiger partial charge < -0.3 is 4.74 Å². The molecule has 1 aliphatic carbocycles. The molecule has 26 heavy (non-hydrogen) atoms. The summed E-state index contributed by atoms with van der Waals surface area (Å²) in [5.74, 6) is 1.31. The van der Waals surface area contributed by atoms with Gasteiger partial charge in [-0.25, -0.2) is 4.98 Å². The van der Waals surface area contributed by atoms with Gasteiger partial charge >= 0.3 is 0 Å². The predicted octanol–water partition coefficient (Wildman–Crippen LogP) is 3.39. The molecule has 0 amide bonds. The van der Waals surface area contributed by atoms with Crippen molar-refractivity contribution in [3.63, 3.8) is 0 Å². The first kappa shape index (κ1) is 16.2. The minimum absolute atomic E-state index is 0.125. The number of fused-ring (bicyclic) bond motifs is 1. The summed E-state index contributed by atoms with van der Waals surface area (Å²) in [4.78, 5) is 14.1. The Morgan fingerprint density at radius 3 is 2.62 bits per heavy atom. The molecular weight excluding hydrogens is 324 g/mol. The molecule has 1 saturated carbocycles. The van der Waals surface area contributed by atoms with Crippen molar-refractivity contribution in [2.24, 2.45) is 0 Å². The monoisotopic (exact) mass is 350 g/mol. The van der Waals surface area contributed by atoms with Crippen molar-refractivity contribution in [2.45, 2.75) is 56.8 Å². The molecule has 0 bridgehead atoms. The summed E-state index contributed by atoms with van der Waals surface area (Å²) in [6.07, 6.45) is 9.87. The Kier molecular flexibility index (Phi) is 4.35. The second kappa shape index (κ2) is 6.97. The molecule has 0 radical (unpaired) electrons. The van der Waals surface area contributed by atoms with Gasteiger partial charge in [0.15, 0.2) is 6.23 Å². The predicted molar refractivity (Wildman–Crippen MR) is 99.6 cm³/mol. The first-order chi connectivity index (χ1) is 12.8. The number of hydrogen-bond acceptors (Lipinski definition) is 5. The van der Waals surface area contributed by atoms with Crippen molar-refractivity contribution in [3.05, 3.63) is 54.0 Å². The second-order valence-corrected chi connectivity index (χ2v) is 7.84. The maximum Gasteiger partial charge on any atom is 0.233 e. The van der Waals surface area contributed by atoms with Gasteiger partial charge in [-0.15, -0.1) is 0 Å². The van der Waals surface area contributed by atoms with Gasteiger partial charge in [0.25, 0.3) is 0 Å². The third-order valence-electron chi connectivity index (χ3n) is 5.88. The van der Waals surface area contributed by atoms with E-state index < -0.39 is 0 Å². The molecule has 2 aromatic rings. The van der Waals surface area contributed by atoms with E-state index in [2.05, 4.69) is 50.1 Å². The Bertz CT molecular complexity index is 731. The molecule has 2 aliphatic heterocycles. The summed E-state index contributed by atoms with van der Waals surface area (Å²) >= 11 is 0. The van der Waals surface area contributed by atoms with E-state index in [1.807, 2.05) is 12.4 Å². The molecule has 3 heterocycles. The lowest BCUT2D eigenvalue weighted by molar-refractivity contribution is -0.0364. The summed E-state index contributed by atoms with van der Waals surface area (Å²) < 4.78 is 6.22. The van der Waals surface area contributed by atoms with Gasteiger partial charge in [-0.2, -0.15) is 0 Å². The Labute approximate surface area is 155 Å². The highest BCUT2D eigenvalue weighted by atomic mass is 16.5. The molecule has 5 nitrogen and oxygen atoms in total. The smallest absolute Gasteiger partial charge is 0.233 e. The lowest BCUT2D eigenvalue weighted by Crippen LogP contribution is -2.51. The fraction of sp³-hybridized carbons (Fsp3) is 0.524. The maximum absolute atomic E-state index is 6.22. The Morgan fingerprint density at radius 2 is 1.85 bits per heavy atom. The van der Waals surface area contributed by atoms with Crippen LogP contribution in [0, 0.1) is 0 Å². The van der Waals surface area contributed by atoms with Crippen LogP contribution in [0.4, 0.5) is 0 Å². The molecule has 1 aromatic heterocycles.